The summed E-state index contributed by atoms with van der Waals surface area (Å²) in [5.74, 6) is -0.286. The molecule has 2 N–H and O–H groups in total. The van der Waals surface area contributed by atoms with Crippen molar-refractivity contribution in [3.8, 4) is 0 Å². The number of nitrogens with one attached hydrogen (secondary N) is 2. The van der Waals surface area contributed by atoms with Crippen LogP contribution in [0.4, 0.5) is 4.39 Å². The molecule has 0 aromatic rings. The van der Waals surface area contributed by atoms with Gasteiger partial charge < -0.3 is 5.32 Å². The molecule has 1 rings (SSSR count). The van der Waals surface area contributed by atoms with Gasteiger partial charge in [0.25, 0.3) is 0 Å². The van der Waals surface area contributed by atoms with E-state index in [0.29, 0.717) is 6.04 Å². The van der Waals surface area contributed by atoms with Crippen molar-refractivity contribution in [2.45, 2.75) is 26.1 Å². The molecule has 3 heteroatoms. The van der Waals surface area contributed by atoms with Crippen LogP contribution in [0.1, 0.15) is 13.8 Å². The number of hydrogen-bond acceptors (Lipinski definition) is 2. The fraction of sp³-hybridized carbons (Fsp3) is 0.500. The predicted octanol–water partition coefficient (Wildman–Crippen LogP) is 1.28. The van der Waals surface area contributed by atoms with Crippen LogP contribution < -0.4 is 10.6 Å². The molecule has 1 unspecified atom stereocenters. The smallest absolute Gasteiger partial charge is 0.188 e. The van der Waals surface area contributed by atoms with E-state index >= 15 is 0 Å². The van der Waals surface area contributed by atoms with Crippen LogP contribution in [-0.4, -0.2) is 12.2 Å². The second-order valence-corrected chi connectivity index (χ2v) is 2.84. The maximum atomic E-state index is 12.5. The molecule has 0 aromatic heterocycles. The van der Waals surface area contributed by atoms with Gasteiger partial charge in [-0.05, 0) is 26.0 Å². The van der Waals surface area contributed by atoms with Crippen LogP contribution >= 0.6 is 0 Å². The molecule has 1 heterocycles. The van der Waals surface area contributed by atoms with Gasteiger partial charge in [0.1, 0.15) is 0 Å². The zero-order valence-electron chi connectivity index (χ0n) is 6.76. The van der Waals surface area contributed by atoms with E-state index in [2.05, 4.69) is 10.6 Å². The lowest BCUT2D eigenvalue weighted by atomic mass is 10.3. The fourth-order valence-electron chi connectivity index (χ4n) is 0.952. The Kier molecular flexibility index (Phi) is 2.65. The Labute approximate surface area is 66.2 Å². The van der Waals surface area contributed by atoms with Crippen LogP contribution in [0.5, 0.6) is 0 Å². The SMILES string of the molecule is CC(C)NC1C=CC=C(F)N1. The van der Waals surface area contributed by atoms with E-state index in [-0.39, 0.29) is 12.1 Å². The first kappa shape index (κ1) is 8.27. The Bertz CT molecular complexity index is 185. The monoisotopic (exact) mass is 156 g/mol. The molecule has 0 saturated heterocycles. The predicted molar refractivity (Wildman–Crippen MR) is 43.5 cm³/mol. The normalized spacial score (nSPS) is 23.3. The lowest BCUT2D eigenvalue weighted by Crippen LogP contribution is -2.43. The van der Waals surface area contributed by atoms with Crippen LogP contribution in [0, 0.1) is 0 Å². The summed E-state index contributed by atoms with van der Waals surface area (Å²) in [6.45, 7) is 4.04. The van der Waals surface area contributed by atoms with E-state index in [1.807, 2.05) is 19.9 Å². The van der Waals surface area contributed by atoms with Gasteiger partial charge in [-0.15, -0.1) is 0 Å². The van der Waals surface area contributed by atoms with E-state index in [4.69, 9.17) is 0 Å². The van der Waals surface area contributed by atoms with Crippen molar-refractivity contribution in [2.24, 2.45) is 0 Å². The average Bonchev–Trinajstić information content (AvgIpc) is 1.85. The van der Waals surface area contributed by atoms with Crippen LogP contribution in [0.3, 0.4) is 0 Å². The average molecular weight is 156 g/mol. The molecule has 62 valence electrons. The highest BCUT2D eigenvalue weighted by Crippen LogP contribution is 2.01. The van der Waals surface area contributed by atoms with E-state index in [0.717, 1.165) is 0 Å². The maximum Gasteiger partial charge on any atom is 0.188 e. The molecule has 2 nitrogen and oxygen atoms in total. The molecule has 0 amide bonds. The minimum absolute atomic E-state index is 0.0694. The van der Waals surface area contributed by atoms with Gasteiger partial charge in [-0.25, -0.2) is 0 Å². The summed E-state index contributed by atoms with van der Waals surface area (Å²) in [6.07, 6.45) is 4.91. The van der Waals surface area contributed by atoms with Gasteiger partial charge in [-0.2, -0.15) is 4.39 Å². The standard InChI is InChI=1S/C8H13FN2/c1-6(2)10-8-5-3-4-7(9)11-8/h3-6,8,10-11H,1-2H3. The summed E-state index contributed by atoms with van der Waals surface area (Å²) in [6, 6.07) is 0.350. The number of allylic oxidation sites excluding steroid dienone is 2. The van der Waals surface area contributed by atoms with Crippen molar-refractivity contribution >= 4 is 0 Å². The van der Waals surface area contributed by atoms with Gasteiger partial charge in [-0.3, -0.25) is 5.32 Å². The first-order valence-corrected chi connectivity index (χ1v) is 3.75. The van der Waals surface area contributed by atoms with Crippen LogP contribution in [-0.2, 0) is 0 Å². The molecular formula is C8H13FN2. The summed E-state index contributed by atoms with van der Waals surface area (Å²) in [4.78, 5) is 0. The van der Waals surface area contributed by atoms with Gasteiger partial charge in [0, 0.05) is 6.04 Å². The highest BCUT2D eigenvalue weighted by Gasteiger charge is 2.08. The zero-order chi connectivity index (χ0) is 8.27. The van der Waals surface area contributed by atoms with Crippen molar-refractivity contribution in [1.82, 2.24) is 10.6 Å². The minimum Gasteiger partial charge on any atom is -0.343 e. The number of halogens is 1. The van der Waals surface area contributed by atoms with E-state index in [1.165, 1.54) is 6.08 Å². The Hall–Kier alpha value is -0.830. The third-order valence-electron chi connectivity index (χ3n) is 1.35. The molecule has 1 aliphatic heterocycles. The summed E-state index contributed by atoms with van der Waals surface area (Å²) < 4.78 is 12.5. The van der Waals surface area contributed by atoms with E-state index in [9.17, 15) is 4.39 Å². The molecule has 1 atom stereocenters. The minimum atomic E-state index is -0.286. The fourth-order valence-corrected chi connectivity index (χ4v) is 0.952. The maximum absolute atomic E-state index is 12.5. The summed E-state index contributed by atoms with van der Waals surface area (Å²) in [7, 11) is 0. The van der Waals surface area contributed by atoms with Crippen LogP contribution in [0.2, 0.25) is 0 Å². The molecule has 0 bridgehead atoms. The second-order valence-electron chi connectivity index (χ2n) is 2.84. The second kappa shape index (κ2) is 3.53. The molecule has 0 spiro atoms. The largest absolute Gasteiger partial charge is 0.343 e. The summed E-state index contributed by atoms with van der Waals surface area (Å²) in [5.41, 5.74) is 0. The lowest BCUT2D eigenvalue weighted by molar-refractivity contribution is 0.425. The highest BCUT2D eigenvalue weighted by atomic mass is 19.1. The number of hydrogen-bond donors (Lipinski definition) is 2. The van der Waals surface area contributed by atoms with Gasteiger partial charge in [0.15, 0.2) is 5.95 Å². The molecular weight excluding hydrogens is 143 g/mol. The topological polar surface area (TPSA) is 24.1 Å². The molecule has 0 saturated carbocycles. The summed E-state index contributed by atoms with van der Waals surface area (Å²) >= 11 is 0. The Morgan fingerprint density at radius 3 is 2.91 bits per heavy atom. The third-order valence-corrected chi connectivity index (χ3v) is 1.35. The Morgan fingerprint density at radius 2 is 2.36 bits per heavy atom. The van der Waals surface area contributed by atoms with Crippen molar-refractivity contribution in [1.29, 1.82) is 0 Å². The van der Waals surface area contributed by atoms with Crippen LogP contribution in [0.25, 0.3) is 0 Å². The first-order valence-electron chi connectivity index (χ1n) is 3.75. The molecule has 11 heavy (non-hydrogen) atoms. The van der Waals surface area contributed by atoms with Crippen molar-refractivity contribution in [3.05, 3.63) is 24.2 Å². The number of rotatable bonds is 2. The van der Waals surface area contributed by atoms with E-state index in [1.54, 1.807) is 6.08 Å². The molecule has 0 radical (unpaired) electrons. The van der Waals surface area contributed by atoms with Gasteiger partial charge in [0.05, 0.1) is 6.17 Å². The molecule has 0 aliphatic carbocycles. The van der Waals surface area contributed by atoms with Crippen molar-refractivity contribution < 1.29 is 4.39 Å². The van der Waals surface area contributed by atoms with Gasteiger partial charge in [-0.1, -0.05) is 6.08 Å². The Balaban J connectivity index is 2.40. The molecule has 1 aliphatic rings. The Morgan fingerprint density at radius 1 is 1.64 bits per heavy atom. The third kappa shape index (κ3) is 2.72. The summed E-state index contributed by atoms with van der Waals surface area (Å²) in [5, 5.41) is 5.78. The van der Waals surface area contributed by atoms with Gasteiger partial charge >= 0.3 is 0 Å². The molecule has 0 aromatic carbocycles. The first-order chi connectivity index (χ1) is 5.18. The lowest BCUT2D eigenvalue weighted by Gasteiger charge is -2.20. The van der Waals surface area contributed by atoms with Crippen molar-refractivity contribution in [3.63, 3.8) is 0 Å². The van der Waals surface area contributed by atoms with E-state index < -0.39 is 0 Å². The van der Waals surface area contributed by atoms with Crippen molar-refractivity contribution in [2.75, 3.05) is 0 Å². The highest BCUT2D eigenvalue weighted by molar-refractivity contribution is 5.15. The number of dihydropyridines is 1. The van der Waals surface area contributed by atoms with Crippen LogP contribution in [0.15, 0.2) is 24.2 Å². The quantitative estimate of drug-likeness (QED) is 0.588. The molecule has 0 fully saturated rings. The zero-order valence-corrected chi connectivity index (χ0v) is 6.76. The van der Waals surface area contributed by atoms with Gasteiger partial charge in [0.2, 0.25) is 0 Å².